The van der Waals surface area contributed by atoms with Gasteiger partial charge in [-0.3, -0.25) is 24.3 Å². The van der Waals surface area contributed by atoms with Crippen LogP contribution in [0.15, 0.2) is 4.99 Å². The first-order chi connectivity index (χ1) is 12.0. The largest absolute Gasteiger partial charge is 0.462 e. The summed E-state index contributed by atoms with van der Waals surface area (Å²) >= 11 is 0. The topological polar surface area (TPSA) is 120 Å². The number of amides is 2. The molecule has 0 radical (unpaired) electrons. The maximum absolute atomic E-state index is 11.7. The zero-order valence-corrected chi connectivity index (χ0v) is 15.9. The molecule has 2 fully saturated rings. The van der Waals surface area contributed by atoms with Crippen molar-refractivity contribution in [3.8, 4) is 0 Å². The Bertz CT molecular complexity index is 613. The van der Waals surface area contributed by atoms with Gasteiger partial charge in [-0.1, -0.05) is 0 Å². The van der Waals surface area contributed by atoms with Crippen LogP contribution in [-0.4, -0.2) is 77.6 Å². The molecule has 4 atom stereocenters. The summed E-state index contributed by atoms with van der Waals surface area (Å²) in [6.45, 7) is 8.82. The van der Waals surface area contributed by atoms with E-state index < -0.39 is 17.7 Å². The van der Waals surface area contributed by atoms with Crippen molar-refractivity contribution in [2.75, 3.05) is 20.1 Å². The number of carbonyl (C=O) groups is 3. The van der Waals surface area contributed by atoms with E-state index in [0.717, 1.165) is 0 Å². The summed E-state index contributed by atoms with van der Waals surface area (Å²) < 4.78 is 4.55. The van der Waals surface area contributed by atoms with Crippen LogP contribution >= 0.6 is 0 Å². The Morgan fingerprint density at radius 3 is 2.38 bits per heavy atom. The molecule has 146 valence electrons. The fourth-order valence-electron chi connectivity index (χ4n) is 3.27. The van der Waals surface area contributed by atoms with Gasteiger partial charge < -0.3 is 20.5 Å². The molecular weight excluding hydrogens is 340 g/mol. The number of carbonyl (C=O) groups excluding carboxylic acids is 3. The minimum absolute atomic E-state index is 0.0451. The Hall–Kier alpha value is -2.00. The minimum Gasteiger partial charge on any atom is -0.462 e. The first-order valence-corrected chi connectivity index (χ1v) is 8.68. The second kappa shape index (κ2) is 7.32. The Kier molecular flexibility index (Phi) is 5.72. The summed E-state index contributed by atoms with van der Waals surface area (Å²) in [6.07, 6.45) is -0.126. The van der Waals surface area contributed by atoms with Crippen LogP contribution in [0.2, 0.25) is 0 Å². The maximum atomic E-state index is 11.7. The lowest BCUT2D eigenvalue weighted by atomic mass is 9.85. The second-order valence-corrected chi connectivity index (χ2v) is 8.01. The fourth-order valence-corrected chi connectivity index (χ4v) is 3.27. The van der Waals surface area contributed by atoms with Gasteiger partial charge in [0.05, 0.1) is 6.10 Å². The maximum Gasteiger partial charge on any atom is 0.293 e. The average Bonchev–Trinajstić information content (AvgIpc) is 3.07. The van der Waals surface area contributed by atoms with Crippen molar-refractivity contribution in [2.24, 2.45) is 10.9 Å². The Morgan fingerprint density at radius 2 is 2.08 bits per heavy atom. The molecule has 0 bridgehead atoms. The summed E-state index contributed by atoms with van der Waals surface area (Å²) in [5, 5.41) is 15.0. The second-order valence-electron chi connectivity index (χ2n) is 8.01. The molecule has 2 amide bonds. The van der Waals surface area contributed by atoms with Crippen LogP contribution in [0.4, 0.5) is 0 Å². The standard InChI is InChI=1S/C12H18N4O3.C5H10O2/c1-6(17)8-10(18)15-9(14-8)7-3-12(16(2)4-7)5-13-11(12)19;1-5(2,3)7-4-6/h6-8,17H,3-5H2,1-2H3,(H,13,19)(H,14,15,18);4H,1-3H3. The predicted molar refractivity (Wildman–Crippen MR) is 94.4 cm³/mol. The summed E-state index contributed by atoms with van der Waals surface area (Å²) in [4.78, 5) is 39.3. The monoisotopic (exact) mass is 368 g/mol. The van der Waals surface area contributed by atoms with Gasteiger partial charge in [-0.25, -0.2) is 0 Å². The number of hydrogen-bond acceptors (Lipinski definition) is 7. The van der Waals surface area contributed by atoms with Crippen LogP contribution in [0.3, 0.4) is 0 Å². The number of aliphatic hydroxyl groups excluding tert-OH is 1. The molecule has 4 unspecified atom stereocenters. The fraction of sp³-hybridized carbons (Fsp3) is 0.765. The molecule has 3 N–H and O–H groups in total. The molecule has 0 saturated carbocycles. The Balaban J connectivity index is 0.000000298. The zero-order chi connectivity index (χ0) is 19.7. The lowest BCUT2D eigenvalue weighted by Crippen LogP contribution is -2.69. The molecule has 9 nitrogen and oxygen atoms in total. The molecule has 3 heterocycles. The summed E-state index contributed by atoms with van der Waals surface area (Å²) in [5.74, 6) is 0.448. The van der Waals surface area contributed by atoms with Gasteiger partial charge in [0.2, 0.25) is 5.91 Å². The summed E-state index contributed by atoms with van der Waals surface area (Å²) in [6, 6.07) is -0.716. The van der Waals surface area contributed by atoms with Crippen LogP contribution in [0.1, 0.15) is 34.1 Å². The van der Waals surface area contributed by atoms with Crippen LogP contribution in [-0.2, 0) is 19.1 Å². The first-order valence-electron chi connectivity index (χ1n) is 8.68. The lowest BCUT2D eigenvalue weighted by Gasteiger charge is -2.42. The van der Waals surface area contributed by atoms with E-state index in [-0.39, 0.29) is 23.3 Å². The molecule has 1 spiro atoms. The van der Waals surface area contributed by atoms with Gasteiger partial charge in [-0.05, 0) is 41.2 Å². The highest BCUT2D eigenvalue weighted by molar-refractivity contribution is 6.07. The van der Waals surface area contributed by atoms with Gasteiger partial charge in [0.15, 0.2) is 6.04 Å². The molecule has 9 heteroatoms. The van der Waals surface area contributed by atoms with Crippen LogP contribution < -0.4 is 10.6 Å². The number of aliphatic imine (C=N–C) groups is 1. The predicted octanol–water partition coefficient (Wildman–Crippen LogP) is -0.958. The van der Waals surface area contributed by atoms with Gasteiger partial charge in [0, 0.05) is 19.0 Å². The highest BCUT2D eigenvalue weighted by atomic mass is 16.5. The van der Waals surface area contributed by atoms with Crippen molar-refractivity contribution < 1.29 is 24.2 Å². The van der Waals surface area contributed by atoms with E-state index in [1.807, 2.05) is 32.7 Å². The quantitative estimate of drug-likeness (QED) is 0.436. The van der Waals surface area contributed by atoms with E-state index in [2.05, 4.69) is 20.4 Å². The van der Waals surface area contributed by atoms with Crippen molar-refractivity contribution in [3.63, 3.8) is 0 Å². The normalized spacial score (nSPS) is 32.0. The SMILES string of the molecule is CC(C)(C)OC=O.CC(O)C1N=C(C2CN(C)C3(CNC3=O)C2)NC1=O. The number of nitrogens with zero attached hydrogens (tertiary/aromatic N) is 2. The molecule has 3 rings (SSSR count). The number of aliphatic hydroxyl groups is 1. The smallest absolute Gasteiger partial charge is 0.293 e. The van der Waals surface area contributed by atoms with E-state index in [9.17, 15) is 19.5 Å². The molecule has 3 aliphatic rings. The summed E-state index contributed by atoms with van der Waals surface area (Å²) in [5.41, 5.74) is -0.747. The number of ether oxygens (including phenoxy) is 1. The van der Waals surface area contributed by atoms with Crippen molar-refractivity contribution in [1.29, 1.82) is 0 Å². The van der Waals surface area contributed by atoms with E-state index in [0.29, 0.717) is 31.8 Å². The number of rotatable bonds is 3. The number of likely N-dealkylation sites (tertiary alicyclic amines) is 1. The molecule has 0 aromatic heterocycles. The van der Waals surface area contributed by atoms with E-state index in [1.54, 1.807) is 6.92 Å². The van der Waals surface area contributed by atoms with Crippen molar-refractivity contribution in [3.05, 3.63) is 0 Å². The van der Waals surface area contributed by atoms with E-state index in [1.165, 1.54) is 0 Å². The lowest BCUT2D eigenvalue weighted by molar-refractivity contribution is -0.140. The molecular formula is C17H28N4O5. The van der Waals surface area contributed by atoms with Crippen molar-refractivity contribution in [2.45, 2.75) is 57.4 Å². The number of amidine groups is 1. The van der Waals surface area contributed by atoms with E-state index in [4.69, 9.17) is 0 Å². The number of hydrogen-bond donors (Lipinski definition) is 3. The van der Waals surface area contributed by atoms with Gasteiger partial charge in [-0.2, -0.15) is 0 Å². The third kappa shape index (κ3) is 4.04. The van der Waals surface area contributed by atoms with Crippen LogP contribution in [0.25, 0.3) is 0 Å². The highest BCUT2D eigenvalue weighted by Crippen LogP contribution is 2.36. The molecule has 3 aliphatic heterocycles. The highest BCUT2D eigenvalue weighted by Gasteiger charge is 2.56. The average molecular weight is 368 g/mol. The van der Waals surface area contributed by atoms with Gasteiger partial charge in [0.1, 0.15) is 17.0 Å². The first kappa shape index (κ1) is 20.3. The molecule has 0 aromatic rings. The van der Waals surface area contributed by atoms with Crippen LogP contribution in [0.5, 0.6) is 0 Å². The number of nitrogens with one attached hydrogen (secondary N) is 2. The van der Waals surface area contributed by atoms with Gasteiger partial charge >= 0.3 is 0 Å². The molecule has 2 saturated heterocycles. The Labute approximate surface area is 153 Å². The third-order valence-corrected chi connectivity index (χ3v) is 4.82. The van der Waals surface area contributed by atoms with Crippen molar-refractivity contribution in [1.82, 2.24) is 15.5 Å². The molecule has 0 aliphatic carbocycles. The molecule has 0 aromatic carbocycles. The zero-order valence-electron chi connectivity index (χ0n) is 15.9. The van der Waals surface area contributed by atoms with Gasteiger partial charge in [0.25, 0.3) is 12.4 Å². The minimum atomic E-state index is -0.794. The third-order valence-electron chi connectivity index (χ3n) is 4.82. The van der Waals surface area contributed by atoms with Crippen LogP contribution in [0, 0.1) is 5.92 Å². The Morgan fingerprint density at radius 1 is 1.42 bits per heavy atom. The number of β-lactam (4-membered cyclic amide) rings is 1. The van der Waals surface area contributed by atoms with Gasteiger partial charge in [-0.15, -0.1) is 0 Å². The van der Waals surface area contributed by atoms with E-state index >= 15 is 0 Å². The summed E-state index contributed by atoms with van der Waals surface area (Å²) in [7, 11) is 1.92. The molecule has 26 heavy (non-hydrogen) atoms. The van der Waals surface area contributed by atoms with Crippen molar-refractivity contribution >= 4 is 24.1 Å². The number of likely N-dealkylation sites (N-methyl/N-ethyl adjacent to an activating group) is 1.